The molecule has 18 heavy (non-hydrogen) atoms. The molecule has 1 N–H and O–H groups in total. The molecule has 1 saturated carbocycles. The van der Waals surface area contributed by atoms with Gasteiger partial charge >= 0.3 is 5.97 Å². The Morgan fingerprint density at radius 3 is 2.33 bits per heavy atom. The van der Waals surface area contributed by atoms with E-state index in [-0.39, 0.29) is 11.2 Å². The van der Waals surface area contributed by atoms with E-state index < -0.39 is 22.0 Å². The molecule has 0 saturated heterocycles. The topological polar surface area (TPSA) is 72.5 Å². The molecule has 1 aliphatic carbocycles. The lowest BCUT2D eigenvalue weighted by molar-refractivity contribution is -0.143. The first-order chi connectivity index (χ1) is 8.36. The maximum Gasteiger partial charge on any atom is 0.323 e. The SMILES string of the molecule is COC(=O)C(CC(C)C)NS(=O)(=O)C1CCCC1. The fraction of sp³-hybridized carbons (Fsp3) is 0.917. The third-order valence-electron chi connectivity index (χ3n) is 3.24. The summed E-state index contributed by atoms with van der Waals surface area (Å²) in [5.41, 5.74) is 0. The number of carbonyl (C=O) groups excluding carboxylic acids is 1. The monoisotopic (exact) mass is 277 g/mol. The summed E-state index contributed by atoms with van der Waals surface area (Å²) < 4.78 is 31.4. The minimum atomic E-state index is -3.41. The second-order valence-electron chi connectivity index (χ2n) is 5.27. The Kier molecular flexibility index (Phi) is 5.59. The van der Waals surface area contributed by atoms with Crippen molar-refractivity contribution >= 4 is 16.0 Å². The van der Waals surface area contributed by atoms with Crippen LogP contribution in [0.5, 0.6) is 0 Å². The van der Waals surface area contributed by atoms with E-state index in [1.165, 1.54) is 7.11 Å². The van der Waals surface area contributed by atoms with E-state index in [0.717, 1.165) is 12.8 Å². The van der Waals surface area contributed by atoms with Crippen molar-refractivity contribution in [1.82, 2.24) is 4.72 Å². The van der Waals surface area contributed by atoms with Gasteiger partial charge in [0.25, 0.3) is 0 Å². The van der Waals surface area contributed by atoms with E-state index in [1.807, 2.05) is 13.8 Å². The van der Waals surface area contributed by atoms with E-state index in [1.54, 1.807) is 0 Å². The highest BCUT2D eigenvalue weighted by atomic mass is 32.2. The number of ether oxygens (including phenoxy) is 1. The highest BCUT2D eigenvalue weighted by Crippen LogP contribution is 2.24. The maximum absolute atomic E-state index is 12.1. The molecular weight excluding hydrogens is 254 g/mol. The lowest BCUT2D eigenvalue weighted by atomic mass is 10.1. The summed E-state index contributed by atoms with van der Waals surface area (Å²) >= 11 is 0. The zero-order chi connectivity index (χ0) is 13.8. The quantitative estimate of drug-likeness (QED) is 0.746. The van der Waals surface area contributed by atoms with Crippen LogP contribution in [0.3, 0.4) is 0 Å². The Morgan fingerprint density at radius 1 is 1.33 bits per heavy atom. The second-order valence-corrected chi connectivity index (χ2v) is 7.27. The average molecular weight is 277 g/mol. The van der Waals surface area contributed by atoms with Gasteiger partial charge in [0.05, 0.1) is 12.4 Å². The van der Waals surface area contributed by atoms with E-state index in [9.17, 15) is 13.2 Å². The predicted octanol–water partition coefficient (Wildman–Crippen LogP) is 1.44. The van der Waals surface area contributed by atoms with E-state index in [0.29, 0.717) is 19.3 Å². The van der Waals surface area contributed by atoms with Crippen LogP contribution in [-0.2, 0) is 19.6 Å². The lowest BCUT2D eigenvalue weighted by Crippen LogP contribution is -2.45. The summed E-state index contributed by atoms with van der Waals surface area (Å²) in [6.45, 7) is 3.89. The fourth-order valence-corrected chi connectivity index (χ4v) is 4.03. The number of methoxy groups -OCH3 is 1. The second kappa shape index (κ2) is 6.52. The Labute approximate surface area is 109 Å². The van der Waals surface area contributed by atoms with Crippen LogP contribution in [0.2, 0.25) is 0 Å². The van der Waals surface area contributed by atoms with Crippen LogP contribution in [0.1, 0.15) is 46.0 Å². The van der Waals surface area contributed by atoms with Gasteiger partial charge < -0.3 is 4.74 Å². The van der Waals surface area contributed by atoms with E-state index >= 15 is 0 Å². The smallest absolute Gasteiger partial charge is 0.323 e. The van der Waals surface area contributed by atoms with Crippen molar-refractivity contribution < 1.29 is 17.9 Å². The molecule has 1 rings (SSSR count). The molecule has 0 aromatic heterocycles. The van der Waals surface area contributed by atoms with Crippen LogP contribution in [-0.4, -0.2) is 32.8 Å². The van der Waals surface area contributed by atoms with E-state index in [2.05, 4.69) is 9.46 Å². The maximum atomic E-state index is 12.1. The zero-order valence-electron chi connectivity index (χ0n) is 11.3. The average Bonchev–Trinajstić information content (AvgIpc) is 2.80. The molecule has 0 aliphatic heterocycles. The number of esters is 1. The van der Waals surface area contributed by atoms with Gasteiger partial charge in [-0.15, -0.1) is 0 Å². The molecule has 106 valence electrons. The predicted molar refractivity (Wildman–Crippen MR) is 69.6 cm³/mol. The minimum absolute atomic E-state index is 0.223. The number of carbonyl (C=O) groups is 1. The summed E-state index contributed by atoms with van der Waals surface area (Å²) in [6, 6.07) is -0.763. The molecule has 1 atom stereocenters. The molecule has 0 radical (unpaired) electrons. The molecule has 0 spiro atoms. The number of hydrogen-bond donors (Lipinski definition) is 1. The third kappa shape index (κ3) is 4.24. The van der Waals surface area contributed by atoms with Gasteiger partial charge in [-0.3, -0.25) is 4.79 Å². The first-order valence-electron chi connectivity index (χ1n) is 6.45. The highest BCUT2D eigenvalue weighted by Gasteiger charge is 2.33. The van der Waals surface area contributed by atoms with Crippen molar-refractivity contribution in [1.29, 1.82) is 0 Å². The molecule has 0 aromatic rings. The van der Waals surface area contributed by atoms with Gasteiger partial charge in [-0.25, -0.2) is 13.1 Å². The number of hydrogen-bond acceptors (Lipinski definition) is 4. The standard InChI is InChI=1S/C12H23NO4S/c1-9(2)8-11(12(14)17-3)13-18(15,16)10-6-4-5-7-10/h9-11,13H,4-8H2,1-3H3. The van der Waals surface area contributed by atoms with Crippen LogP contribution in [0.4, 0.5) is 0 Å². The zero-order valence-corrected chi connectivity index (χ0v) is 12.1. The van der Waals surface area contributed by atoms with Gasteiger partial charge in [0.1, 0.15) is 6.04 Å². The Balaban J connectivity index is 2.72. The molecule has 1 aliphatic rings. The largest absolute Gasteiger partial charge is 0.468 e. The molecule has 1 unspecified atom stereocenters. The Bertz CT molecular complexity index is 372. The van der Waals surface area contributed by atoms with Gasteiger partial charge in [-0.2, -0.15) is 0 Å². The van der Waals surface area contributed by atoms with Gasteiger partial charge in [0.2, 0.25) is 10.0 Å². The molecule has 6 heteroatoms. The van der Waals surface area contributed by atoms with Gasteiger partial charge in [-0.1, -0.05) is 26.7 Å². The van der Waals surface area contributed by atoms with Crippen molar-refractivity contribution in [2.45, 2.75) is 57.2 Å². The van der Waals surface area contributed by atoms with Crippen LogP contribution in [0.15, 0.2) is 0 Å². The summed E-state index contributed by atoms with van der Waals surface area (Å²) in [5.74, 6) is -0.286. The van der Waals surface area contributed by atoms with Crippen molar-refractivity contribution in [3.05, 3.63) is 0 Å². The van der Waals surface area contributed by atoms with E-state index in [4.69, 9.17) is 0 Å². The van der Waals surface area contributed by atoms with Crippen LogP contribution in [0, 0.1) is 5.92 Å². The minimum Gasteiger partial charge on any atom is -0.468 e. The third-order valence-corrected chi connectivity index (χ3v) is 5.20. The van der Waals surface area contributed by atoms with Gasteiger partial charge in [0.15, 0.2) is 0 Å². The molecule has 1 fully saturated rings. The molecule has 0 aromatic carbocycles. The first-order valence-corrected chi connectivity index (χ1v) is 8.00. The fourth-order valence-electron chi connectivity index (χ4n) is 2.30. The highest BCUT2D eigenvalue weighted by molar-refractivity contribution is 7.90. The number of sulfonamides is 1. The first kappa shape index (κ1) is 15.4. The Morgan fingerprint density at radius 2 is 1.89 bits per heavy atom. The summed E-state index contributed by atoms with van der Waals surface area (Å²) in [5, 5.41) is -0.350. The molecule has 5 nitrogen and oxygen atoms in total. The number of rotatable bonds is 6. The molecular formula is C12H23NO4S. The van der Waals surface area contributed by atoms with Crippen molar-refractivity contribution in [3.8, 4) is 0 Å². The van der Waals surface area contributed by atoms with Crippen LogP contribution in [0.25, 0.3) is 0 Å². The normalized spacial score (nSPS) is 19.1. The van der Waals surface area contributed by atoms with Gasteiger partial charge in [-0.05, 0) is 25.2 Å². The summed E-state index contributed by atoms with van der Waals surface area (Å²) in [6.07, 6.45) is 3.71. The summed E-state index contributed by atoms with van der Waals surface area (Å²) in [7, 11) is -2.13. The van der Waals surface area contributed by atoms with Crippen molar-refractivity contribution in [2.75, 3.05) is 7.11 Å². The molecule has 0 bridgehead atoms. The van der Waals surface area contributed by atoms with Crippen molar-refractivity contribution in [2.24, 2.45) is 5.92 Å². The lowest BCUT2D eigenvalue weighted by Gasteiger charge is -2.20. The molecule has 0 heterocycles. The molecule has 0 amide bonds. The number of nitrogens with one attached hydrogen (secondary N) is 1. The van der Waals surface area contributed by atoms with Gasteiger partial charge in [0, 0.05) is 0 Å². The summed E-state index contributed by atoms with van der Waals surface area (Å²) in [4.78, 5) is 11.6. The van der Waals surface area contributed by atoms with Crippen molar-refractivity contribution in [3.63, 3.8) is 0 Å². The van der Waals surface area contributed by atoms with Crippen LogP contribution < -0.4 is 4.72 Å². The Hall–Kier alpha value is -0.620. The van der Waals surface area contributed by atoms with Crippen LogP contribution >= 0.6 is 0 Å².